The maximum Gasteiger partial charge on any atom is 0.416 e. The summed E-state index contributed by atoms with van der Waals surface area (Å²) in [4.78, 5) is 39.2. The molecule has 0 bridgehead atoms. The van der Waals surface area contributed by atoms with Gasteiger partial charge in [0, 0.05) is 31.9 Å². The van der Waals surface area contributed by atoms with E-state index in [4.69, 9.17) is 11.5 Å². The maximum atomic E-state index is 12.7. The lowest BCUT2D eigenvalue weighted by molar-refractivity contribution is -0.137. The van der Waals surface area contributed by atoms with Crippen LogP contribution in [0.15, 0.2) is 53.5 Å². The van der Waals surface area contributed by atoms with Crippen molar-refractivity contribution in [2.45, 2.75) is 19.0 Å². The SMILES string of the molecule is CN(C)C(=O)C1=C(C=O)CCCN1CC(=O)N/C(N)=C/C=C(\N)c1ccc(C(F)(F)F)cc1. The van der Waals surface area contributed by atoms with Gasteiger partial charge in [-0.15, -0.1) is 0 Å². The van der Waals surface area contributed by atoms with Crippen LogP contribution >= 0.6 is 0 Å². The van der Waals surface area contributed by atoms with Crippen molar-refractivity contribution in [2.75, 3.05) is 27.2 Å². The van der Waals surface area contributed by atoms with Crippen LogP contribution in [-0.4, -0.2) is 55.1 Å². The second-order valence-corrected chi connectivity index (χ2v) is 7.58. The van der Waals surface area contributed by atoms with Crippen LogP contribution in [0.2, 0.25) is 0 Å². The Kier molecular flexibility index (Phi) is 8.27. The number of amides is 2. The standard InChI is InChI=1S/C22H26F3N5O3/c1-29(2)21(33)20-15(13-31)4-3-11-30(20)12-19(32)28-18(27)10-9-17(26)14-5-7-16(8-6-14)22(23,24)25/h5-10,13H,3-4,11-12,26-27H2,1-2H3,(H,28,32)/b17-9-,18-10+. The van der Waals surface area contributed by atoms with Crippen LogP contribution in [0.5, 0.6) is 0 Å². The summed E-state index contributed by atoms with van der Waals surface area (Å²) >= 11 is 0. The van der Waals surface area contributed by atoms with Crippen LogP contribution in [-0.2, 0) is 20.6 Å². The van der Waals surface area contributed by atoms with Gasteiger partial charge < -0.3 is 26.6 Å². The Hall–Kier alpha value is -3.76. The van der Waals surface area contributed by atoms with Gasteiger partial charge in [0.25, 0.3) is 5.91 Å². The first kappa shape index (κ1) is 25.5. The summed E-state index contributed by atoms with van der Waals surface area (Å²) in [6.45, 7) is 0.225. The highest BCUT2D eigenvalue weighted by Crippen LogP contribution is 2.29. The van der Waals surface area contributed by atoms with E-state index in [1.807, 2.05) is 0 Å². The molecule has 0 aliphatic carbocycles. The number of likely N-dealkylation sites (N-methyl/N-ethyl adjacent to an activating group) is 1. The molecule has 1 aromatic rings. The molecule has 0 radical (unpaired) electrons. The van der Waals surface area contributed by atoms with Crippen molar-refractivity contribution in [1.82, 2.24) is 15.1 Å². The lowest BCUT2D eigenvalue weighted by atomic mass is 10.0. The molecule has 0 fully saturated rings. The highest BCUT2D eigenvalue weighted by Gasteiger charge is 2.30. The van der Waals surface area contributed by atoms with Crippen LogP contribution < -0.4 is 16.8 Å². The maximum absolute atomic E-state index is 12.7. The molecule has 2 rings (SSSR count). The van der Waals surface area contributed by atoms with Gasteiger partial charge in [0.15, 0.2) is 0 Å². The molecular formula is C22H26F3N5O3. The molecule has 1 aromatic carbocycles. The summed E-state index contributed by atoms with van der Waals surface area (Å²) in [5, 5.41) is 2.46. The number of alkyl halides is 3. The van der Waals surface area contributed by atoms with Crippen molar-refractivity contribution >= 4 is 23.8 Å². The third-order valence-corrected chi connectivity index (χ3v) is 4.85. The first-order chi connectivity index (χ1) is 15.4. The van der Waals surface area contributed by atoms with E-state index in [1.54, 1.807) is 14.1 Å². The minimum Gasteiger partial charge on any atom is -0.398 e. The van der Waals surface area contributed by atoms with Crippen molar-refractivity contribution in [1.29, 1.82) is 0 Å². The molecule has 11 heteroatoms. The summed E-state index contributed by atoms with van der Waals surface area (Å²) in [7, 11) is 3.11. The van der Waals surface area contributed by atoms with E-state index in [0.717, 1.165) is 12.1 Å². The number of hydrogen-bond donors (Lipinski definition) is 3. The number of carbonyl (C=O) groups excluding carboxylic acids is 3. The number of rotatable bonds is 7. The van der Waals surface area contributed by atoms with Gasteiger partial charge in [-0.05, 0) is 42.7 Å². The Bertz CT molecular complexity index is 996. The van der Waals surface area contributed by atoms with E-state index in [9.17, 15) is 27.6 Å². The molecule has 2 amide bonds. The van der Waals surface area contributed by atoms with Gasteiger partial charge in [-0.2, -0.15) is 13.2 Å². The number of carbonyl (C=O) groups is 3. The predicted octanol–water partition coefficient (Wildman–Crippen LogP) is 1.56. The second-order valence-electron chi connectivity index (χ2n) is 7.58. The van der Waals surface area contributed by atoms with E-state index in [2.05, 4.69) is 5.32 Å². The summed E-state index contributed by atoms with van der Waals surface area (Å²) < 4.78 is 38.0. The number of benzene rings is 1. The first-order valence-corrected chi connectivity index (χ1v) is 9.99. The Morgan fingerprint density at radius 3 is 2.33 bits per heavy atom. The Balaban J connectivity index is 2.07. The van der Waals surface area contributed by atoms with Gasteiger partial charge >= 0.3 is 6.18 Å². The molecule has 1 heterocycles. The summed E-state index contributed by atoms with van der Waals surface area (Å²) in [6.07, 6.45) is -0.0946. The van der Waals surface area contributed by atoms with E-state index in [0.29, 0.717) is 36.8 Å². The number of nitrogens with one attached hydrogen (secondary N) is 1. The highest BCUT2D eigenvalue weighted by molar-refractivity contribution is 5.99. The van der Waals surface area contributed by atoms with Gasteiger partial charge in [0.1, 0.15) is 17.8 Å². The van der Waals surface area contributed by atoms with Crippen molar-refractivity contribution in [3.05, 3.63) is 64.6 Å². The Morgan fingerprint density at radius 2 is 1.79 bits per heavy atom. The number of aldehydes is 1. The molecule has 178 valence electrons. The molecule has 1 aliphatic heterocycles. The topological polar surface area (TPSA) is 122 Å². The van der Waals surface area contributed by atoms with Gasteiger partial charge in [-0.3, -0.25) is 14.4 Å². The second kappa shape index (κ2) is 10.7. The van der Waals surface area contributed by atoms with E-state index in [-0.39, 0.29) is 29.7 Å². The van der Waals surface area contributed by atoms with Gasteiger partial charge in [-0.25, -0.2) is 0 Å². The van der Waals surface area contributed by atoms with E-state index < -0.39 is 17.6 Å². The molecule has 0 atom stereocenters. The van der Waals surface area contributed by atoms with Gasteiger partial charge in [0.05, 0.1) is 12.1 Å². The van der Waals surface area contributed by atoms with E-state index in [1.165, 1.54) is 34.1 Å². The molecule has 33 heavy (non-hydrogen) atoms. The van der Waals surface area contributed by atoms with Crippen molar-refractivity contribution in [3.8, 4) is 0 Å². The monoisotopic (exact) mass is 465 g/mol. The Morgan fingerprint density at radius 1 is 1.15 bits per heavy atom. The summed E-state index contributed by atoms with van der Waals surface area (Å²) in [5.74, 6) is -0.936. The average molecular weight is 465 g/mol. The molecule has 5 N–H and O–H groups in total. The number of allylic oxidation sites excluding steroid dienone is 3. The third-order valence-electron chi connectivity index (χ3n) is 4.85. The average Bonchev–Trinajstić information content (AvgIpc) is 2.76. The van der Waals surface area contributed by atoms with Crippen LogP contribution in [0, 0.1) is 0 Å². The first-order valence-electron chi connectivity index (χ1n) is 9.99. The minimum atomic E-state index is -4.45. The third kappa shape index (κ3) is 6.86. The molecule has 0 saturated heterocycles. The number of hydrogen-bond acceptors (Lipinski definition) is 6. The Labute approximate surface area is 189 Å². The largest absolute Gasteiger partial charge is 0.416 e. The zero-order valence-electron chi connectivity index (χ0n) is 18.3. The fourth-order valence-corrected chi connectivity index (χ4v) is 3.19. The normalized spacial score (nSPS) is 15.4. The van der Waals surface area contributed by atoms with Crippen LogP contribution in [0.25, 0.3) is 5.70 Å². The molecule has 8 nitrogen and oxygen atoms in total. The lowest BCUT2D eigenvalue weighted by Gasteiger charge is -2.32. The predicted molar refractivity (Wildman–Crippen MR) is 117 cm³/mol. The molecule has 0 spiro atoms. The van der Waals surface area contributed by atoms with Crippen LogP contribution in [0.1, 0.15) is 24.0 Å². The zero-order chi connectivity index (χ0) is 24.8. The van der Waals surface area contributed by atoms with Crippen LogP contribution in [0.3, 0.4) is 0 Å². The molecule has 0 saturated carbocycles. The number of nitrogens with two attached hydrogens (primary N) is 2. The fourth-order valence-electron chi connectivity index (χ4n) is 3.19. The quantitative estimate of drug-likeness (QED) is 0.415. The zero-order valence-corrected chi connectivity index (χ0v) is 18.3. The van der Waals surface area contributed by atoms with Gasteiger partial charge in [0.2, 0.25) is 5.91 Å². The number of nitrogens with zero attached hydrogens (tertiary/aromatic N) is 2. The summed E-state index contributed by atoms with van der Waals surface area (Å²) in [5.41, 5.74) is 11.9. The number of halogens is 3. The molecule has 1 aliphatic rings. The molecular weight excluding hydrogens is 439 g/mol. The lowest BCUT2D eigenvalue weighted by Crippen LogP contribution is -2.44. The summed E-state index contributed by atoms with van der Waals surface area (Å²) in [6, 6.07) is 4.29. The highest BCUT2D eigenvalue weighted by atomic mass is 19.4. The smallest absolute Gasteiger partial charge is 0.398 e. The van der Waals surface area contributed by atoms with Crippen molar-refractivity contribution in [2.24, 2.45) is 11.5 Å². The molecule has 0 aromatic heterocycles. The minimum absolute atomic E-state index is 0.0491. The van der Waals surface area contributed by atoms with E-state index >= 15 is 0 Å². The fraction of sp³-hybridized carbons (Fsp3) is 0.318. The van der Waals surface area contributed by atoms with Crippen molar-refractivity contribution in [3.63, 3.8) is 0 Å². The van der Waals surface area contributed by atoms with Crippen molar-refractivity contribution < 1.29 is 27.6 Å². The van der Waals surface area contributed by atoms with Crippen LogP contribution in [0.4, 0.5) is 13.2 Å². The molecule has 0 unspecified atom stereocenters. The van der Waals surface area contributed by atoms with Gasteiger partial charge in [-0.1, -0.05) is 12.1 Å².